The van der Waals surface area contributed by atoms with Crippen LogP contribution in [0.15, 0.2) is 173 Å². The summed E-state index contributed by atoms with van der Waals surface area (Å²) in [5.74, 6) is -0.480. The molecule has 2 aliphatic heterocycles. The Morgan fingerprint density at radius 3 is 2.10 bits per heavy atom. The molecule has 1 atom stereocenters. The molecule has 6 aromatic rings. The van der Waals surface area contributed by atoms with Gasteiger partial charge in [0.1, 0.15) is 23.7 Å². The van der Waals surface area contributed by atoms with E-state index < -0.39 is 22.2 Å². The normalized spacial score (nSPS) is 17.4. The highest BCUT2D eigenvalue weighted by molar-refractivity contribution is 7.94. The van der Waals surface area contributed by atoms with E-state index in [4.69, 9.17) is 13.7 Å². The topological polar surface area (TPSA) is 153 Å². The van der Waals surface area contributed by atoms with Crippen LogP contribution in [0.4, 0.5) is 22.7 Å². The number of hydrogen-bond donors (Lipinski definition) is 0. The molecule has 0 radical (unpaired) electrons. The summed E-state index contributed by atoms with van der Waals surface area (Å²) in [5, 5.41) is 18.1. The zero-order chi connectivity index (χ0) is 50.7. The van der Waals surface area contributed by atoms with Crippen molar-refractivity contribution in [1.29, 1.82) is 0 Å². The number of carbonyl (C=O) groups excluding carboxylic acids is 2. The predicted octanol–water partition coefficient (Wildman–Crippen LogP) is 10.9. The molecule has 0 fully saturated rings. The van der Waals surface area contributed by atoms with Gasteiger partial charge in [-0.15, -0.1) is 0 Å². The average molecular weight is 1010 g/mol. The van der Waals surface area contributed by atoms with Gasteiger partial charge in [-0.3, -0.25) is 14.6 Å². The van der Waals surface area contributed by atoms with Crippen molar-refractivity contribution in [2.24, 2.45) is 0 Å². The zero-order valence-corrected chi connectivity index (χ0v) is 42.5. The van der Waals surface area contributed by atoms with Gasteiger partial charge in [-0.2, -0.15) is 8.91 Å². The Hall–Kier alpha value is -6.85. The number of fused-ring (bicyclic) bond motifs is 6. The number of rotatable bonds is 17. The molecule has 2 heterocycles. The van der Waals surface area contributed by atoms with E-state index in [1.54, 1.807) is 12.1 Å². The molecule has 1 aliphatic carbocycles. The van der Waals surface area contributed by atoms with Gasteiger partial charge in [-0.05, 0) is 132 Å². The van der Waals surface area contributed by atoms with Gasteiger partial charge in [-0.25, -0.2) is 4.21 Å². The van der Waals surface area contributed by atoms with E-state index >= 15 is 0 Å². The Balaban J connectivity index is 1.20. The highest BCUT2D eigenvalue weighted by Crippen LogP contribution is 2.52. The molecule has 0 N–H and O–H groups in total. The van der Waals surface area contributed by atoms with E-state index in [1.807, 2.05) is 72.8 Å². The van der Waals surface area contributed by atoms with Crippen LogP contribution in [0.3, 0.4) is 0 Å². The number of esters is 2. The van der Waals surface area contributed by atoms with Crippen molar-refractivity contribution in [3.63, 3.8) is 0 Å². The van der Waals surface area contributed by atoms with Gasteiger partial charge < -0.3 is 33.3 Å². The van der Waals surface area contributed by atoms with Crippen molar-refractivity contribution in [3.05, 3.63) is 179 Å². The molecule has 0 saturated heterocycles. The first kappa shape index (κ1) is 50.1. The van der Waals surface area contributed by atoms with Gasteiger partial charge in [-0.1, -0.05) is 80.6 Å². The van der Waals surface area contributed by atoms with Crippen LogP contribution in [0.1, 0.15) is 65.5 Å². The zero-order valence-electron chi connectivity index (χ0n) is 40.8. The van der Waals surface area contributed by atoms with Gasteiger partial charge in [0.05, 0.1) is 29.7 Å². The first-order chi connectivity index (χ1) is 34.7. The highest BCUT2D eigenvalue weighted by atomic mass is 32.2. The van der Waals surface area contributed by atoms with Crippen molar-refractivity contribution in [1.82, 2.24) is 0 Å². The summed E-state index contributed by atoms with van der Waals surface area (Å²) >= 11 is -1.86. The van der Waals surface area contributed by atoms with Crippen molar-refractivity contribution < 1.29 is 51.2 Å². The number of benzene rings is 6. The molecule has 15 heteroatoms. The number of nitrogens with zero attached hydrogens (tertiary/aromatic N) is 3. The molecule has 6 aromatic carbocycles. The average Bonchev–Trinajstić information content (AvgIpc) is 3.92. The van der Waals surface area contributed by atoms with Crippen LogP contribution >= 0.6 is 12.0 Å². The molecule has 0 saturated carbocycles. The molecule has 13 nitrogen and oxygen atoms in total. The number of para-hydroxylation sites is 2. The minimum atomic E-state index is -2.71. The van der Waals surface area contributed by atoms with Crippen molar-refractivity contribution in [2.45, 2.75) is 70.1 Å². The molecule has 0 spiro atoms. The summed E-state index contributed by atoms with van der Waals surface area (Å²) in [6, 6.07) is 40.1. The molecule has 1 unspecified atom stereocenters. The molecular weight excluding hydrogens is 951 g/mol. The smallest absolute Gasteiger partial charge is 0.302 e. The van der Waals surface area contributed by atoms with Crippen molar-refractivity contribution in [2.75, 3.05) is 36.1 Å². The summed E-state index contributed by atoms with van der Waals surface area (Å²) in [7, 11) is 0. The molecule has 0 amide bonds. The quantitative estimate of drug-likeness (QED) is 0.0213. The second kappa shape index (κ2) is 21.1. The van der Waals surface area contributed by atoms with E-state index in [0.29, 0.717) is 13.1 Å². The second-order valence-corrected chi connectivity index (χ2v) is 20.1. The Kier molecular flexibility index (Phi) is 14.7. The minimum Gasteiger partial charge on any atom is -0.740 e. The highest BCUT2D eigenvalue weighted by Gasteiger charge is 2.46. The molecule has 0 aromatic heterocycles. The lowest BCUT2D eigenvalue weighted by Gasteiger charge is -2.29. The van der Waals surface area contributed by atoms with Gasteiger partial charge in [0.15, 0.2) is 18.9 Å². The van der Waals surface area contributed by atoms with E-state index in [0.717, 1.165) is 113 Å². The maximum Gasteiger partial charge on any atom is 0.302 e. The third-order valence-electron chi connectivity index (χ3n) is 13.6. The summed E-state index contributed by atoms with van der Waals surface area (Å²) < 4.78 is 45.9. The second-order valence-electron chi connectivity index (χ2n) is 18.8. The Bertz CT molecular complexity index is 3230. The summed E-state index contributed by atoms with van der Waals surface area (Å²) in [4.78, 5) is 29.4. The van der Waals surface area contributed by atoms with Crippen LogP contribution in [0, 0.1) is 0 Å². The molecule has 9 rings (SSSR count). The van der Waals surface area contributed by atoms with E-state index in [-0.39, 0.29) is 30.9 Å². The van der Waals surface area contributed by atoms with E-state index in [2.05, 4.69) is 112 Å². The first-order valence-electron chi connectivity index (χ1n) is 23.6. The number of hydrogen-bond acceptors (Lipinski definition) is 13. The minimum absolute atomic E-state index is 0.175. The Labute approximate surface area is 425 Å². The monoisotopic (exact) mass is 1000 g/mol. The Morgan fingerprint density at radius 2 is 1.42 bits per heavy atom. The van der Waals surface area contributed by atoms with Gasteiger partial charge >= 0.3 is 11.9 Å². The fourth-order valence-electron chi connectivity index (χ4n) is 10.7. The summed E-state index contributed by atoms with van der Waals surface area (Å²) in [6.07, 6.45) is 10.4. The maximum atomic E-state index is 12.1. The van der Waals surface area contributed by atoms with E-state index in [1.165, 1.54) is 13.8 Å². The predicted molar refractivity (Wildman–Crippen MR) is 279 cm³/mol. The van der Waals surface area contributed by atoms with Crippen molar-refractivity contribution >= 4 is 85.3 Å². The van der Waals surface area contributed by atoms with Crippen LogP contribution in [-0.4, -0.2) is 57.3 Å². The van der Waals surface area contributed by atoms with Gasteiger partial charge in [0.25, 0.3) is 0 Å². The van der Waals surface area contributed by atoms with Crippen LogP contribution in [0.2, 0.25) is 0 Å². The largest absolute Gasteiger partial charge is 0.740 e. The molecule has 72 heavy (non-hydrogen) atoms. The van der Waals surface area contributed by atoms with E-state index in [9.17, 15) is 23.6 Å². The number of carbonyl (C=O) groups is 2. The first-order valence-corrected chi connectivity index (χ1v) is 25.4. The van der Waals surface area contributed by atoms with Crippen molar-refractivity contribution in [3.8, 4) is 5.75 Å². The molecule has 370 valence electrons. The van der Waals surface area contributed by atoms with Crippen LogP contribution in [0.5, 0.6) is 5.75 Å². The fraction of sp³-hybridized carbons (Fsp3) is 0.246. The van der Waals surface area contributed by atoms with Gasteiger partial charge in [0, 0.05) is 64.6 Å². The summed E-state index contributed by atoms with van der Waals surface area (Å²) in [5.41, 5.74) is 10.5. The number of ether oxygens (including phenoxy) is 2. The maximum absolute atomic E-state index is 12.1. The standard InChI is InChI=1S/C57H55N3O10S2/c1-37(61)66-33-31-58-49-27-19-41-35-45(68-72(64)65)23-25-47(41)53(49)56(3,4)51(58)29-21-39-17-18-40(55(39)60(43-13-9-7-10-14-43)44-15-11-8-12-16-44)22-30-52-57(5,6)54-48-26-24-46(71-70-69-63)36-42(48)20-28-50(54)59(52)32-34-67-38(2)62/h7-16,19-30,35-36H,17-18,31-34H2,1-6H3,(H-,63,64,65)/p-1. The van der Waals surface area contributed by atoms with Crippen LogP contribution < -0.4 is 19.2 Å². The lowest BCUT2D eigenvalue weighted by atomic mass is 9.79. The van der Waals surface area contributed by atoms with Crippen LogP contribution in [0.25, 0.3) is 21.5 Å². The lowest BCUT2D eigenvalue weighted by molar-refractivity contribution is -0.777. The molecule has 0 bridgehead atoms. The number of anilines is 3. The lowest BCUT2D eigenvalue weighted by Crippen LogP contribution is -2.29. The number of allylic oxidation sites excluding steroid dienone is 7. The molecule has 3 aliphatic rings. The fourth-order valence-corrected chi connectivity index (χ4v) is 11.3. The van der Waals surface area contributed by atoms with Crippen LogP contribution in [-0.2, 0) is 50.6 Å². The SMILES string of the molecule is CC(=O)OCCN1/C(=C/C=C2\CCC(/C=C/C3=[N+](CCOC(C)=O)c4ccc5cc(SOO[O-])ccc5c4C3(C)C)=C2N(c2ccccc2)c2ccccc2)C(C)(C)c2c1ccc1cc(OS(=O)[O-])ccc21. The Morgan fingerprint density at radius 1 is 0.764 bits per heavy atom. The summed E-state index contributed by atoms with van der Waals surface area (Å²) in [6.45, 7) is 12.8. The van der Waals surface area contributed by atoms with Gasteiger partial charge in [0.2, 0.25) is 5.69 Å². The third-order valence-corrected chi connectivity index (χ3v) is 14.5. The third kappa shape index (κ3) is 10.0. The molecular formula is C57H54N3O10S2-.